The largest absolute Gasteiger partial charge is 0.487 e. The van der Waals surface area contributed by atoms with Gasteiger partial charge in [-0.2, -0.15) is 4.39 Å². The summed E-state index contributed by atoms with van der Waals surface area (Å²) in [5.74, 6) is -1.67. The summed E-state index contributed by atoms with van der Waals surface area (Å²) in [6.07, 6.45) is 5.52. The van der Waals surface area contributed by atoms with Gasteiger partial charge in [-0.25, -0.2) is 4.39 Å². The van der Waals surface area contributed by atoms with Crippen molar-refractivity contribution in [3.05, 3.63) is 29.8 Å². The minimum absolute atomic E-state index is 0.0145. The summed E-state index contributed by atoms with van der Waals surface area (Å²) in [6.45, 7) is 0. The monoisotopic (exact) mass is 316 g/mol. The molecule has 2 atom stereocenters. The Morgan fingerprint density at radius 2 is 1.94 bits per heavy atom. The molecule has 0 radical (unpaired) electrons. The highest BCUT2D eigenvalue weighted by Gasteiger charge is 2.56. The average molecular weight is 317 g/mol. The van der Waals surface area contributed by atoms with E-state index in [0.717, 1.165) is 25.3 Å². The van der Waals surface area contributed by atoms with Gasteiger partial charge in [0.15, 0.2) is 11.6 Å². The molecule has 0 amide bonds. The Hall–Kier alpha value is -0.640. The van der Waals surface area contributed by atoms with E-state index in [-0.39, 0.29) is 17.3 Å². The van der Waals surface area contributed by atoms with Crippen molar-refractivity contribution >= 4 is 15.9 Å². The minimum atomic E-state index is -0.872. The second-order valence-electron chi connectivity index (χ2n) is 5.30. The summed E-state index contributed by atoms with van der Waals surface area (Å²) in [5.41, 5.74) is 0.138. The maximum atomic E-state index is 13.6. The number of ether oxygens (including phenoxy) is 1. The third kappa shape index (κ3) is 1.77. The van der Waals surface area contributed by atoms with Crippen molar-refractivity contribution in [1.29, 1.82) is 0 Å². The highest BCUT2D eigenvalue weighted by atomic mass is 79.9. The molecule has 4 heteroatoms. The first kappa shape index (κ1) is 12.4. The molecule has 0 saturated heterocycles. The zero-order valence-electron chi connectivity index (χ0n) is 9.96. The lowest BCUT2D eigenvalue weighted by molar-refractivity contribution is -0.0327. The maximum Gasteiger partial charge on any atom is 0.200 e. The van der Waals surface area contributed by atoms with Crippen molar-refractivity contribution in [1.82, 2.24) is 0 Å². The smallest absolute Gasteiger partial charge is 0.200 e. The number of halogens is 3. The SMILES string of the molecule is Fc1cccc(OC2CC(Br)C23CCCC3)c1F. The predicted octanol–water partition coefficient (Wildman–Crippen LogP) is 4.44. The van der Waals surface area contributed by atoms with Crippen LogP contribution in [-0.4, -0.2) is 10.9 Å². The standard InChI is InChI=1S/C14H15BrF2O/c15-11-8-12(14(11)6-1-2-7-14)18-10-5-3-4-9(16)13(10)17/h3-5,11-12H,1-2,6-8H2. The van der Waals surface area contributed by atoms with Crippen LogP contribution in [0.4, 0.5) is 8.78 Å². The van der Waals surface area contributed by atoms with Gasteiger partial charge in [-0.15, -0.1) is 0 Å². The molecule has 2 aliphatic rings. The molecule has 0 bridgehead atoms. The van der Waals surface area contributed by atoms with Gasteiger partial charge in [0, 0.05) is 10.2 Å². The van der Waals surface area contributed by atoms with Crippen molar-refractivity contribution in [3.63, 3.8) is 0 Å². The van der Waals surface area contributed by atoms with E-state index in [1.165, 1.54) is 25.0 Å². The van der Waals surface area contributed by atoms with Crippen LogP contribution in [0.1, 0.15) is 32.1 Å². The predicted molar refractivity (Wildman–Crippen MR) is 69.0 cm³/mol. The van der Waals surface area contributed by atoms with Gasteiger partial charge in [0.25, 0.3) is 0 Å². The Kier molecular flexibility index (Phi) is 3.08. The van der Waals surface area contributed by atoms with E-state index in [0.29, 0.717) is 4.83 Å². The summed E-state index contributed by atoms with van der Waals surface area (Å²) in [5, 5.41) is 0. The highest BCUT2D eigenvalue weighted by molar-refractivity contribution is 9.09. The summed E-state index contributed by atoms with van der Waals surface area (Å²) in [6, 6.07) is 4.10. The Morgan fingerprint density at radius 3 is 2.61 bits per heavy atom. The molecule has 2 saturated carbocycles. The van der Waals surface area contributed by atoms with E-state index < -0.39 is 11.6 Å². The first-order valence-electron chi connectivity index (χ1n) is 6.38. The highest BCUT2D eigenvalue weighted by Crippen LogP contribution is 2.57. The van der Waals surface area contributed by atoms with E-state index in [1.54, 1.807) is 0 Å². The van der Waals surface area contributed by atoms with Gasteiger partial charge in [0.2, 0.25) is 5.82 Å². The normalized spacial score (nSPS) is 29.3. The Balaban J connectivity index is 1.79. The summed E-state index contributed by atoms with van der Waals surface area (Å²) in [4.78, 5) is 0.453. The van der Waals surface area contributed by atoms with Gasteiger partial charge < -0.3 is 4.74 Å². The second-order valence-corrected chi connectivity index (χ2v) is 6.41. The second kappa shape index (κ2) is 4.48. The molecule has 1 spiro atoms. The molecule has 0 aliphatic heterocycles. The number of alkyl halides is 1. The van der Waals surface area contributed by atoms with Gasteiger partial charge in [0.05, 0.1) is 0 Å². The van der Waals surface area contributed by atoms with Crippen LogP contribution in [-0.2, 0) is 0 Å². The molecule has 0 aromatic heterocycles. The van der Waals surface area contributed by atoms with Crippen LogP contribution < -0.4 is 4.74 Å². The first-order chi connectivity index (χ1) is 8.63. The molecule has 3 rings (SSSR count). The number of hydrogen-bond acceptors (Lipinski definition) is 1. The first-order valence-corrected chi connectivity index (χ1v) is 7.30. The molecular formula is C14H15BrF2O. The maximum absolute atomic E-state index is 13.6. The van der Waals surface area contributed by atoms with Crippen LogP contribution in [0.25, 0.3) is 0 Å². The molecule has 18 heavy (non-hydrogen) atoms. The molecule has 1 aromatic carbocycles. The fraction of sp³-hybridized carbons (Fsp3) is 0.571. The van der Waals surface area contributed by atoms with Gasteiger partial charge in [0.1, 0.15) is 6.10 Å². The molecule has 2 aliphatic carbocycles. The lowest BCUT2D eigenvalue weighted by Crippen LogP contribution is -2.55. The van der Waals surface area contributed by atoms with Crippen molar-refractivity contribution in [2.45, 2.75) is 43.0 Å². The Morgan fingerprint density at radius 1 is 1.22 bits per heavy atom. The third-order valence-corrected chi connectivity index (χ3v) is 5.69. The molecule has 0 heterocycles. The molecule has 98 valence electrons. The minimum Gasteiger partial charge on any atom is -0.487 e. The van der Waals surface area contributed by atoms with Crippen LogP contribution in [0.3, 0.4) is 0 Å². The molecule has 1 aromatic rings. The van der Waals surface area contributed by atoms with Crippen LogP contribution in [0.2, 0.25) is 0 Å². The van der Waals surface area contributed by atoms with Gasteiger partial charge in [-0.05, 0) is 31.4 Å². The fourth-order valence-corrected chi connectivity index (χ4v) is 4.35. The molecule has 0 N–H and O–H groups in total. The van der Waals surface area contributed by atoms with E-state index >= 15 is 0 Å². The van der Waals surface area contributed by atoms with E-state index in [1.807, 2.05) is 0 Å². The van der Waals surface area contributed by atoms with E-state index in [9.17, 15) is 8.78 Å². The number of hydrogen-bond donors (Lipinski definition) is 0. The average Bonchev–Trinajstić information content (AvgIpc) is 2.86. The molecule has 2 unspecified atom stereocenters. The van der Waals surface area contributed by atoms with Gasteiger partial charge in [-0.1, -0.05) is 34.8 Å². The number of benzene rings is 1. The quantitative estimate of drug-likeness (QED) is 0.733. The summed E-state index contributed by atoms with van der Waals surface area (Å²) < 4.78 is 32.4. The zero-order valence-corrected chi connectivity index (χ0v) is 11.6. The van der Waals surface area contributed by atoms with Crippen molar-refractivity contribution in [2.75, 3.05) is 0 Å². The van der Waals surface area contributed by atoms with Crippen LogP contribution in [0.15, 0.2) is 18.2 Å². The summed E-state index contributed by atoms with van der Waals surface area (Å²) in [7, 11) is 0. The Bertz CT molecular complexity index is 457. The molecule has 1 nitrogen and oxygen atoms in total. The van der Waals surface area contributed by atoms with Crippen molar-refractivity contribution < 1.29 is 13.5 Å². The fourth-order valence-electron chi connectivity index (χ4n) is 3.26. The van der Waals surface area contributed by atoms with Crippen LogP contribution in [0, 0.1) is 17.0 Å². The van der Waals surface area contributed by atoms with Gasteiger partial charge >= 0.3 is 0 Å². The third-order valence-electron chi connectivity index (χ3n) is 4.41. The summed E-state index contributed by atoms with van der Waals surface area (Å²) >= 11 is 3.68. The van der Waals surface area contributed by atoms with Gasteiger partial charge in [-0.3, -0.25) is 0 Å². The molecular weight excluding hydrogens is 302 g/mol. The zero-order chi connectivity index (χ0) is 12.8. The van der Waals surface area contributed by atoms with E-state index in [2.05, 4.69) is 15.9 Å². The number of rotatable bonds is 2. The van der Waals surface area contributed by atoms with Crippen LogP contribution in [0.5, 0.6) is 5.75 Å². The lowest BCUT2D eigenvalue weighted by Gasteiger charge is -2.51. The Labute approximate surface area is 114 Å². The van der Waals surface area contributed by atoms with Crippen LogP contribution >= 0.6 is 15.9 Å². The lowest BCUT2D eigenvalue weighted by atomic mass is 9.64. The topological polar surface area (TPSA) is 9.23 Å². The molecule has 2 fully saturated rings. The van der Waals surface area contributed by atoms with Crippen molar-refractivity contribution in [2.24, 2.45) is 5.41 Å². The van der Waals surface area contributed by atoms with E-state index in [4.69, 9.17) is 4.74 Å². The van der Waals surface area contributed by atoms with Crippen molar-refractivity contribution in [3.8, 4) is 5.75 Å².